The van der Waals surface area contributed by atoms with Gasteiger partial charge in [-0.3, -0.25) is 5.84 Å². The van der Waals surface area contributed by atoms with Crippen LogP contribution < -0.4 is 16.6 Å². The van der Waals surface area contributed by atoms with E-state index in [2.05, 4.69) is 24.6 Å². The van der Waals surface area contributed by atoms with E-state index in [1.54, 1.807) is 0 Å². The first-order valence-electron chi connectivity index (χ1n) is 2.44. The average molecular weight is 103 g/mol. The van der Waals surface area contributed by atoms with E-state index in [-0.39, 0.29) is 0 Å². The summed E-state index contributed by atoms with van der Waals surface area (Å²) in [5.41, 5.74) is 2.49. The fraction of sp³-hybridized carbons (Fsp3) is 1.00. The summed E-state index contributed by atoms with van der Waals surface area (Å²) in [5, 5.41) is 3.06. The largest absolute Gasteiger partial charge is 0.301 e. The number of nitrogens with one attached hydrogen (secondary N) is 2. The Bertz CT molecular complexity index is 35.9. The highest BCUT2D eigenvalue weighted by molar-refractivity contribution is 4.46. The Labute approximate surface area is 44.2 Å². The quantitative estimate of drug-likeness (QED) is 0.254. The highest BCUT2D eigenvalue weighted by Crippen LogP contribution is 1.69. The summed E-state index contributed by atoms with van der Waals surface area (Å²) in [6, 6.07) is 0.510. The third kappa shape index (κ3) is 5.88. The summed E-state index contributed by atoms with van der Waals surface area (Å²) in [6.07, 6.45) is 0. The van der Waals surface area contributed by atoms with Gasteiger partial charge in [-0.25, -0.2) is 5.43 Å². The van der Waals surface area contributed by atoms with Crippen LogP contribution in [0.25, 0.3) is 0 Å². The van der Waals surface area contributed by atoms with Gasteiger partial charge in [0.2, 0.25) is 0 Å². The molecule has 0 aromatic rings. The van der Waals surface area contributed by atoms with Gasteiger partial charge in [-0.05, 0) is 13.8 Å². The molecule has 0 heterocycles. The minimum absolute atomic E-state index is 0.510. The lowest BCUT2D eigenvalue weighted by Crippen LogP contribution is -2.37. The van der Waals surface area contributed by atoms with E-state index < -0.39 is 0 Å². The molecule has 7 heavy (non-hydrogen) atoms. The van der Waals surface area contributed by atoms with Gasteiger partial charge in [0.1, 0.15) is 0 Å². The third-order valence-electron chi connectivity index (χ3n) is 0.612. The molecule has 0 saturated heterocycles. The first kappa shape index (κ1) is 6.88. The number of nitrogens with two attached hydrogens (primary N) is 1. The predicted octanol–water partition coefficient (Wildman–Crippen LogP) is -0.595. The average Bonchev–Trinajstić information content (AvgIpc) is 1.61. The highest BCUT2D eigenvalue weighted by Gasteiger charge is 1.84. The molecule has 0 atom stereocenters. The molecule has 0 aromatic heterocycles. The molecule has 0 unspecified atom stereocenters. The van der Waals surface area contributed by atoms with Crippen LogP contribution in [-0.4, -0.2) is 12.7 Å². The van der Waals surface area contributed by atoms with Crippen molar-refractivity contribution in [2.75, 3.05) is 6.67 Å². The molecule has 0 amide bonds. The van der Waals surface area contributed by atoms with Crippen LogP contribution in [0.15, 0.2) is 0 Å². The van der Waals surface area contributed by atoms with Crippen molar-refractivity contribution < 1.29 is 0 Å². The van der Waals surface area contributed by atoms with E-state index in [9.17, 15) is 0 Å². The lowest BCUT2D eigenvalue weighted by atomic mass is 10.4. The molecular formula is C4H13N3. The third-order valence-corrected chi connectivity index (χ3v) is 0.612. The van der Waals surface area contributed by atoms with Crippen molar-refractivity contribution in [1.82, 2.24) is 10.7 Å². The van der Waals surface area contributed by atoms with Crippen molar-refractivity contribution in [2.45, 2.75) is 19.9 Å². The number of hydrazine groups is 1. The van der Waals surface area contributed by atoms with Crippen LogP contribution in [0.4, 0.5) is 0 Å². The molecule has 0 spiro atoms. The van der Waals surface area contributed by atoms with Crippen molar-refractivity contribution in [1.29, 1.82) is 0 Å². The second kappa shape index (κ2) is 4.05. The molecule has 0 radical (unpaired) electrons. The Balaban J connectivity index is 2.68. The zero-order valence-corrected chi connectivity index (χ0v) is 4.86. The van der Waals surface area contributed by atoms with Crippen LogP contribution in [0.3, 0.4) is 0 Å². The number of rotatable bonds is 3. The van der Waals surface area contributed by atoms with Crippen LogP contribution in [0.1, 0.15) is 13.8 Å². The minimum Gasteiger partial charge on any atom is -0.301 e. The van der Waals surface area contributed by atoms with E-state index in [0.29, 0.717) is 12.7 Å². The topological polar surface area (TPSA) is 50.1 Å². The highest BCUT2D eigenvalue weighted by atomic mass is 15.3. The lowest BCUT2D eigenvalue weighted by Gasteiger charge is -2.04. The second-order valence-electron chi connectivity index (χ2n) is 1.74. The summed E-state index contributed by atoms with van der Waals surface area (Å²) in [4.78, 5) is 0. The Morgan fingerprint density at radius 1 is 1.57 bits per heavy atom. The smallest absolute Gasteiger partial charge is 0.0589 e. The molecule has 0 aromatic carbocycles. The SMILES string of the molecule is CC(C)NCNN. The Morgan fingerprint density at radius 2 is 2.14 bits per heavy atom. The molecule has 3 heteroatoms. The van der Waals surface area contributed by atoms with Gasteiger partial charge in [-0.15, -0.1) is 0 Å². The maximum Gasteiger partial charge on any atom is 0.0589 e. The van der Waals surface area contributed by atoms with Crippen LogP contribution in [0, 0.1) is 0 Å². The van der Waals surface area contributed by atoms with E-state index in [1.807, 2.05) is 0 Å². The van der Waals surface area contributed by atoms with Crippen molar-refractivity contribution in [3.63, 3.8) is 0 Å². The Hall–Kier alpha value is -0.120. The van der Waals surface area contributed by atoms with Crippen LogP contribution >= 0.6 is 0 Å². The van der Waals surface area contributed by atoms with Crippen molar-refractivity contribution in [3.8, 4) is 0 Å². The fourth-order valence-corrected chi connectivity index (χ4v) is 0.263. The fourth-order valence-electron chi connectivity index (χ4n) is 0.263. The summed E-state index contributed by atoms with van der Waals surface area (Å²) in [5.74, 6) is 4.96. The molecule has 0 bridgehead atoms. The van der Waals surface area contributed by atoms with Crippen molar-refractivity contribution in [3.05, 3.63) is 0 Å². The van der Waals surface area contributed by atoms with Crippen LogP contribution in [0.5, 0.6) is 0 Å². The van der Waals surface area contributed by atoms with Gasteiger partial charge >= 0.3 is 0 Å². The van der Waals surface area contributed by atoms with Crippen molar-refractivity contribution in [2.24, 2.45) is 5.84 Å². The minimum atomic E-state index is 0.510. The van der Waals surface area contributed by atoms with Crippen molar-refractivity contribution >= 4 is 0 Å². The van der Waals surface area contributed by atoms with Gasteiger partial charge in [0, 0.05) is 6.04 Å². The van der Waals surface area contributed by atoms with Gasteiger partial charge in [0.05, 0.1) is 6.67 Å². The van der Waals surface area contributed by atoms with Crippen LogP contribution in [-0.2, 0) is 0 Å². The molecule has 0 aliphatic heterocycles. The van der Waals surface area contributed by atoms with Gasteiger partial charge in [0.25, 0.3) is 0 Å². The summed E-state index contributed by atoms with van der Waals surface area (Å²) >= 11 is 0. The van der Waals surface area contributed by atoms with E-state index >= 15 is 0 Å². The monoisotopic (exact) mass is 103 g/mol. The molecular weight excluding hydrogens is 90.1 g/mol. The maximum atomic E-state index is 4.96. The summed E-state index contributed by atoms with van der Waals surface area (Å²) < 4.78 is 0. The van der Waals surface area contributed by atoms with E-state index in [1.165, 1.54) is 0 Å². The normalized spacial score (nSPS) is 10.3. The number of hydrogen-bond acceptors (Lipinski definition) is 3. The zero-order valence-electron chi connectivity index (χ0n) is 4.86. The molecule has 4 N–H and O–H groups in total. The summed E-state index contributed by atoms with van der Waals surface area (Å²) in [7, 11) is 0. The Kier molecular flexibility index (Phi) is 3.98. The van der Waals surface area contributed by atoms with Crippen LogP contribution in [0.2, 0.25) is 0 Å². The zero-order chi connectivity index (χ0) is 5.70. The molecule has 0 fully saturated rings. The standard InChI is InChI=1S/C4H13N3/c1-4(2)6-3-7-5/h4,6-7H,3,5H2,1-2H3. The van der Waals surface area contributed by atoms with Gasteiger partial charge in [-0.2, -0.15) is 0 Å². The molecule has 3 nitrogen and oxygen atoms in total. The van der Waals surface area contributed by atoms with Gasteiger partial charge in [-0.1, -0.05) is 0 Å². The first-order chi connectivity index (χ1) is 3.27. The summed E-state index contributed by atoms with van der Waals surface area (Å²) in [6.45, 7) is 4.81. The molecule has 0 aliphatic rings. The molecule has 0 rings (SSSR count). The second-order valence-corrected chi connectivity index (χ2v) is 1.74. The number of hydrogen-bond donors (Lipinski definition) is 3. The maximum absolute atomic E-state index is 4.96. The van der Waals surface area contributed by atoms with Gasteiger partial charge < -0.3 is 5.32 Å². The van der Waals surface area contributed by atoms with E-state index in [0.717, 1.165) is 0 Å². The molecule has 0 saturated carbocycles. The van der Waals surface area contributed by atoms with Gasteiger partial charge in [0.15, 0.2) is 0 Å². The predicted molar refractivity (Wildman–Crippen MR) is 30.5 cm³/mol. The lowest BCUT2D eigenvalue weighted by molar-refractivity contribution is 0.537. The molecule has 0 aliphatic carbocycles. The Morgan fingerprint density at radius 3 is 2.29 bits per heavy atom. The van der Waals surface area contributed by atoms with E-state index in [4.69, 9.17) is 5.84 Å². The molecule has 44 valence electrons. The first-order valence-corrected chi connectivity index (χ1v) is 2.44.